The van der Waals surface area contributed by atoms with Gasteiger partial charge < -0.3 is 5.11 Å². The van der Waals surface area contributed by atoms with Crippen molar-refractivity contribution < 1.29 is 5.11 Å². The molecule has 0 unspecified atom stereocenters. The molecule has 4 atom stereocenters. The van der Waals surface area contributed by atoms with Crippen molar-refractivity contribution in [3.8, 4) is 0 Å². The third-order valence-corrected chi connectivity index (χ3v) is 5.40. The van der Waals surface area contributed by atoms with Crippen LogP contribution in [0.3, 0.4) is 0 Å². The molecule has 19 heavy (non-hydrogen) atoms. The molecule has 2 saturated carbocycles. The first-order valence-corrected chi connectivity index (χ1v) is 7.59. The van der Waals surface area contributed by atoms with E-state index in [1.165, 1.54) is 17.6 Å². The molecule has 0 aromatic heterocycles. The predicted molar refractivity (Wildman–Crippen MR) is 79.0 cm³/mol. The number of hydrogen-bond donors (Lipinski definition) is 1. The number of aliphatic hydroxyl groups is 1. The molecule has 0 heterocycles. The van der Waals surface area contributed by atoms with Crippen molar-refractivity contribution in [2.75, 3.05) is 0 Å². The molecule has 3 rings (SSSR count). The molecule has 0 aliphatic heterocycles. The van der Waals surface area contributed by atoms with Crippen LogP contribution in [0.1, 0.15) is 50.5 Å². The molecule has 0 amide bonds. The van der Waals surface area contributed by atoms with Gasteiger partial charge in [-0.3, -0.25) is 0 Å². The van der Waals surface area contributed by atoms with Crippen molar-refractivity contribution in [3.63, 3.8) is 0 Å². The Morgan fingerprint density at radius 3 is 2.63 bits per heavy atom. The molecule has 1 aromatic rings. The smallest absolute Gasteiger partial charge is 0.0781 e. The minimum atomic E-state index is -0.552. The second kappa shape index (κ2) is 4.79. The van der Waals surface area contributed by atoms with E-state index < -0.39 is 5.60 Å². The van der Waals surface area contributed by atoms with Gasteiger partial charge in [-0.25, -0.2) is 0 Å². The van der Waals surface area contributed by atoms with E-state index in [1.807, 2.05) is 0 Å². The van der Waals surface area contributed by atoms with Gasteiger partial charge in [0.1, 0.15) is 0 Å². The fraction of sp³-hybridized carbons (Fsp3) is 0.556. The van der Waals surface area contributed by atoms with E-state index in [-0.39, 0.29) is 5.92 Å². The minimum Gasteiger partial charge on any atom is -0.389 e. The van der Waals surface area contributed by atoms with Gasteiger partial charge in [0.15, 0.2) is 0 Å². The third-order valence-electron chi connectivity index (χ3n) is 5.40. The second-order valence-electron chi connectivity index (χ2n) is 6.46. The van der Waals surface area contributed by atoms with E-state index in [2.05, 4.69) is 43.8 Å². The molecule has 1 aromatic carbocycles. The van der Waals surface area contributed by atoms with Crippen molar-refractivity contribution in [2.24, 2.45) is 11.8 Å². The Kier molecular flexibility index (Phi) is 3.26. The van der Waals surface area contributed by atoms with Crippen LogP contribution < -0.4 is 0 Å². The van der Waals surface area contributed by atoms with E-state index in [0.717, 1.165) is 25.7 Å². The lowest BCUT2D eigenvalue weighted by molar-refractivity contribution is -0.0784. The van der Waals surface area contributed by atoms with E-state index in [0.29, 0.717) is 11.8 Å². The number of fused-ring (bicyclic) bond motifs is 1. The van der Waals surface area contributed by atoms with Gasteiger partial charge in [-0.1, -0.05) is 62.2 Å². The van der Waals surface area contributed by atoms with Crippen molar-refractivity contribution in [2.45, 2.75) is 50.5 Å². The van der Waals surface area contributed by atoms with Gasteiger partial charge in [0.05, 0.1) is 5.60 Å². The fourth-order valence-corrected chi connectivity index (χ4v) is 4.27. The number of hydrogen-bond acceptors (Lipinski definition) is 1. The average Bonchev–Trinajstić information content (AvgIpc) is 2.44. The molecule has 1 heteroatoms. The summed E-state index contributed by atoms with van der Waals surface area (Å²) >= 11 is 0. The standard InChI is InChI=1S/C18H24O/c1-13-12-17(15-8-4-3-5-9-15)18(19)11-7-6-10-16(18)14(13)2/h3-5,8-9,13,16-17,19H,2,6-7,10-12H2,1H3/t13-,16-,17-,18-/m0/s1. The predicted octanol–water partition coefficient (Wildman–Crippen LogP) is 4.29. The van der Waals surface area contributed by atoms with Crippen LogP contribution >= 0.6 is 0 Å². The van der Waals surface area contributed by atoms with E-state index in [1.54, 1.807) is 0 Å². The molecule has 0 bridgehead atoms. The summed E-state index contributed by atoms with van der Waals surface area (Å²) in [7, 11) is 0. The molecule has 2 fully saturated rings. The van der Waals surface area contributed by atoms with Crippen LogP contribution in [0.15, 0.2) is 42.5 Å². The molecule has 1 nitrogen and oxygen atoms in total. The molecule has 102 valence electrons. The van der Waals surface area contributed by atoms with Gasteiger partial charge in [0.2, 0.25) is 0 Å². The summed E-state index contributed by atoms with van der Waals surface area (Å²) in [5.41, 5.74) is 2.04. The van der Waals surface area contributed by atoms with Crippen molar-refractivity contribution in [1.82, 2.24) is 0 Å². The van der Waals surface area contributed by atoms with E-state index >= 15 is 0 Å². The maximum absolute atomic E-state index is 11.3. The van der Waals surface area contributed by atoms with Gasteiger partial charge >= 0.3 is 0 Å². The Bertz CT molecular complexity index is 464. The zero-order chi connectivity index (χ0) is 13.5. The Morgan fingerprint density at radius 1 is 1.16 bits per heavy atom. The zero-order valence-corrected chi connectivity index (χ0v) is 11.8. The van der Waals surface area contributed by atoms with Crippen LogP contribution in [-0.4, -0.2) is 10.7 Å². The highest BCUT2D eigenvalue weighted by molar-refractivity contribution is 5.30. The fourth-order valence-electron chi connectivity index (χ4n) is 4.27. The first kappa shape index (κ1) is 12.9. The SMILES string of the molecule is C=C1[C@@H](C)C[C@@H](c2ccccc2)[C@]2(O)CCCC[C@@H]12. The van der Waals surface area contributed by atoms with Gasteiger partial charge in [0.25, 0.3) is 0 Å². The second-order valence-corrected chi connectivity index (χ2v) is 6.46. The van der Waals surface area contributed by atoms with Crippen molar-refractivity contribution >= 4 is 0 Å². The Balaban J connectivity index is 2.01. The summed E-state index contributed by atoms with van der Waals surface area (Å²) < 4.78 is 0. The summed E-state index contributed by atoms with van der Waals surface area (Å²) in [5, 5.41) is 11.3. The number of benzene rings is 1. The largest absolute Gasteiger partial charge is 0.389 e. The average molecular weight is 256 g/mol. The van der Waals surface area contributed by atoms with Crippen LogP contribution in [0, 0.1) is 11.8 Å². The highest BCUT2D eigenvalue weighted by atomic mass is 16.3. The topological polar surface area (TPSA) is 20.2 Å². The molecular formula is C18H24O. The highest BCUT2D eigenvalue weighted by Crippen LogP contribution is 2.54. The van der Waals surface area contributed by atoms with Crippen LogP contribution in [0.2, 0.25) is 0 Å². The normalized spacial score (nSPS) is 38.8. The van der Waals surface area contributed by atoms with E-state index in [9.17, 15) is 5.11 Å². The lowest BCUT2D eigenvalue weighted by atomic mass is 9.56. The lowest BCUT2D eigenvalue weighted by Gasteiger charge is -2.52. The first-order chi connectivity index (χ1) is 9.13. The van der Waals surface area contributed by atoms with Crippen LogP contribution in [0.25, 0.3) is 0 Å². The summed E-state index contributed by atoms with van der Waals surface area (Å²) in [6, 6.07) is 10.6. The quantitative estimate of drug-likeness (QED) is 0.743. The summed E-state index contributed by atoms with van der Waals surface area (Å²) in [4.78, 5) is 0. The Hall–Kier alpha value is -1.08. The van der Waals surface area contributed by atoms with Crippen LogP contribution in [-0.2, 0) is 0 Å². The maximum atomic E-state index is 11.3. The molecular weight excluding hydrogens is 232 g/mol. The lowest BCUT2D eigenvalue weighted by Crippen LogP contribution is -2.51. The van der Waals surface area contributed by atoms with Crippen molar-refractivity contribution in [1.29, 1.82) is 0 Å². The Morgan fingerprint density at radius 2 is 1.89 bits per heavy atom. The summed E-state index contributed by atoms with van der Waals surface area (Å²) in [6.07, 6.45) is 5.47. The van der Waals surface area contributed by atoms with E-state index in [4.69, 9.17) is 0 Å². The Labute approximate surface area is 116 Å². The summed E-state index contributed by atoms with van der Waals surface area (Å²) in [5.74, 6) is 1.10. The monoisotopic (exact) mass is 256 g/mol. The van der Waals surface area contributed by atoms with Gasteiger partial charge in [0, 0.05) is 11.8 Å². The summed E-state index contributed by atoms with van der Waals surface area (Å²) in [6.45, 7) is 6.56. The zero-order valence-electron chi connectivity index (χ0n) is 11.8. The first-order valence-electron chi connectivity index (χ1n) is 7.59. The van der Waals surface area contributed by atoms with Gasteiger partial charge in [-0.05, 0) is 30.7 Å². The molecule has 0 radical (unpaired) electrons. The minimum absolute atomic E-state index is 0.277. The van der Waals surface area contributed by atoms with Crippen LogP contribution in [0.4, 0.5) is 0 Å². The molecule has 0 spiro atoms. The molecule has 1 N–H and O–H groups in total. The van der Waals surface area contributed by atoms with Crippen molar-refractivity contribution in [3.05, 3.63) is 48.0 Å². The molecule has 2 aliphatic carbocycles. The molecule has 0 saturated heterocycles. The van der Waals surface area contributed by atoms with Gasteiger partial charge in [-0.2, -0.15) is 0 Å². The number of rotatable bonds is 1. The highest BCUT2D eigenvalue weighted by Gasteiger charge is 2.51. The maximum Gasteiger partial charge on any atom is 0.0781 e. The van der Waals surface area contributed by atoms with Crippen LogP contribution in [0.5, 0.6) is 0 Å². The third kappa shape index (κ3) is 2.04. The van der Waals surface area contributed by atoms with Gasteiger partial charge in [-0.15, -0.1) is 0 Å². The molecule has 2 aliphatic rings.